The summed E-state index contributed by atoms with van der Waals surface area (Å²) in [5.41, 5.74) is 1.32. The minimum Gasteiger partial charge on any atom is -0.382 e. The maximum absolute atomic E-state index is 4.98. The van der Waals surface area contributed by atoms with Gasteiger partial charge in [-0.2, -0.15) is 0 Å². The number of hydrogen-bond donors (Lipinski definition) is 0. The Balaban J connectivity index is 0.000000226. The highest BCUT2D eigenvalue weighted by Crippen LogP contribution is 1.92. The van der Waals surface area contributed by atoms with Gasteiger partial charge in [-0.05, 0) is 20.3 Å². The van der Waals surface area contributed by atoms with Gasteiger partial charge < -0.3 is 4.74 Å². The third-order valence-corrected chi connectivity index (χ3v) is 1.49. The van der Waals surface area contributed by atoms with Crippen molar-refractivity contribution in [1.29, 1.82) is 0 Å². The quantitative estimate of drug-likeness (QED) is 0.647. The summed E-state index contributed by atoms with van der Waals surface area (Å²) in [5, 5.41) is 0. The Morgan fingerprint density at radius 3 is 1.92 bits per heavy atom. The van der Waals surface area contributed by atoms with E-state index in [0.717, 1.165) is 19.6 Å². The van der Waals surface area contributed by atoms with Crippen LogP contribution >= 0.6 is 0 Å². The molecule has 13 heavy (non-hydrogen) atoms. The van der Waals surface area contributed by atoms with Gasteiger partial charge in [0.15, 0.2) is 0 Å². The fourth-order valence-electron chi connectivity index (χ4n) is 0.823. The van der Waals surface area contributed by atoms with E-state index in [9.17, 15) is 0 Å². The highest BCUT2D eigenvalue weighted by Gasteiger charge is 1.73. The highest BCUT2D eigenvalue weighted by atomic mass is 16.5. The van der Waals surface area contributed by atoms with Gasteiger partial charge in [0.25, 0.3) is 0 Å². The van der Waals surface area contributed by atoms with Crippen molar-refractivity contribution < 1.29 is 4.74 Å². The summed E-state index contributed by atoms with van der Waals surface area (Å²) in [7, 11) is 0. The maximum Gasteiger partial charge on any atom is 0.0463 e. The molecule has 0 atom stereocenters. The molecular formula is C12H20O. The second kappa shape index (κ2) is 9.27. The molecule has 0 N–H and O–H groups in total. The van der Waals surface area contributed by atoms with Gasteiger partial charge in [-0.1, -0.05) is 42.8 Å². The van der Waals surface area contributed by atoms with E-state index >= 15 is 0 Å². The van der Waals surface area contributed by atoms with E-state index in [2.05, 4.69) is 26.0 Å². The molecule has 1 rings (SSSR count). The number of benzene rings is 1. The Hall–Kier alpha value is -0.820. The molecule has 0 radical (unpaired) electrons. The van der Waals surface area contributed by atoms with Gasteiger partial charge >= 0.3 is 0 Å². The Morgan fingerprint density at radius 1 is 1.08 bits per heavy atom. The molecule has 0 aliphatic rings. The van der Waals surface area contributed by atoms with E-state index in [1.807, 2.05) is 25.1 Å². The van der Waals surface area contributed by atoms with Crippen LogP contribution in [0.3, 0.4) is 0 Å². The monoisotopic (exact) mass is 180 g/mol. The molecule has 1 aromatic rings. The molecule has 0 fully saturated rings. The Bertz CT molecular complexity index is 178. The molecule has 0 spiro atoms. The molecule has 74 valence electrons. The van der Waals surface area contributed by atoms with Crippen molar-refractivity contribution in [2.45, 2.75) is 27.2 Å². The van der Waals surface area contributed by atoms with Crippen molar-refractivity contribution in [1.82, 2.24) is 0 Å². The first-order valence-corrected chi connectivity index (χ1v) is 4.90. The molecule has 0 aromatic heterocycles. The third-order valence-electron chi connectivity index (χ3n) is 1.49. The molecule has 0 aliphatic heterocycles. The van der Waals surface area contributed by atoms with Crippen LogP contribution in [0.4, 0.5) is 0 Å². The van der Waals surface area contributed by atoms with Crippen molar-refractivity contribution in [2.24, 2.45) is 0 Å². The average molecular weight is 180 g/mol. The van der Waals surface area contributed by atoms with Gasteiger partial charge in [-0.3, -0.25) is 0 Å². The molecule has 1 nitrogen and oxygen atoms in total. The van der Waals surface area contributed by atoms with E-state index < -0.39 is 0 Å². The highest BCUT2D eigenvalue weighted by molar-refractivity contribution is 5.11. The van der Waals surface area contributed by atoms with Gasteiger partial charge in [0, 0.05) is 13.2 Å². The second-order valence-corrected chi connectivity index (χ2v) is 2.85. The summed E-state index contributed by atoms with van der Waals surface area (Å²) in [6.07, 6.45) is 1.13. The standard InChI is InChI=1S/C7H8.C5H12O/c1-7-5-3-2-4-6-7;1-3-5-6-4-2/h2-6H,1H3;3-5H2,1-2H3. The molecule has 1 aromatic carbocycles. The summed E-state index contributed by atoms with van der Waals surface area (Å²) in [5.74, 6) is 0. The van der Waals surface area contributed by atoms with E-state index in [1.54, 1.807) is 0 Å². The minimum absolute atomic E-state index is 0.855. The lowest BCUT2D eigenvalue weighted by atomic mass is 10.2. The molecule has 0 aliphatic carbocycles. The summed E-state index contributed by atoms with van der Waals surface area (Å²) < 4.78 is 4.98. The smallest absolute Gasteiger partial charge is 0.0463 e. The number of ether oxygens (including phenoxy) is 1. The van der Waals surface area contributed by atoms with Crippen LogP contribution in [0, 0.1) is 6.92 Å². The summed E-state index contributed by atoms with van der Waals surface area (Å²) >= 11 is 0. The first kappa shape index (κ1) is 12.2. The van der Waals surface area contributed by atoms with Crippen LogP contribution in [0.2, 0.25) is 0 Å². The first-order chi connectivity index (χ1) is 6.31. The lowest BCUT2D eigenvalue weighted by molar-refractivity contribution is 0.148. The lowest BCUT2D eigenvalue weighted by Gasteiger charge is -1.91. The molecule has 0 unspecified atom stereocenters. The van der Waals surface area contributed by atoms with Gasteiger partial charge in [0.05, 0.1) is 0 Å². The van der Waals surface area contributed by atoms with E-state index in [0.29, 0.717) is 0 Å². The zero-order valence-electron chi connectivity index (χ0n) is 8.92. The molecule has 0 saturated carbocycles. The Labute approximate surface area is 81.7 Å². The molecule has 0 saturated heterocycles. The van der Waals surface area contributed by atoms with Crippen LogP contribution in [0.5, 0.6) is 0 Å². The summed E-state index contributed by atoms with van der Waals surface area (Å²) in [6, 6.07) is 10.3. The van der Waals surface area contributed by atoms with E-state index in [1.165, 1.54) is 5.56 Å². The number of rotatable bonds is 3. The topological polar surface area (TPSA) is 9.23 Å². The van der Waals surface area contributed by atoms with Gasteiger partial charge in [0.1, 0.15) is 0 Å². The van der Waals surface area contributed by atoms with Crippen molar-refractivity contribution in [3.05, 3.63) is 35.9 Å². The second-order valence-electron chi connectivity index (χ2n) is 2.85. The molecule has 0 heterocycles. The first-order valence-electron chi connectivity index (χ1n) is 4.90. The van der Waals surface area contributed by atoms with Crippen LogP contribution in [-0.2, 0) is 4.74 Å². The fourth-order valence-corrected chi connectivity index (χ4v) is 0.823. The predicted molar refractivity (Wildman–Crippen MR) is 58.0 cm³/mol. The Morgan fingerprint density at radius 2 is 1.69 bits per heavy atom. The maximum atomic E-state index is 4.98. The predicted octanol–water partition coefficient (Wildman–Crippen LogP) is 3.43. The van der Waals surface area contributed by atoms with Gasteiger partial charge in [-0.25, -0.2) is 0 Å². The van der Waals surface area contributed by atoms with Crippen molar-refractivity contribution in [2.75, 3.05) is 13.2 Å². The Kier molecular flexibility index (Phi) is 8.68. The van der Waals surface area contributed by atoms with Gasteiger partial charge in [-0.15, -0.1) is 0 Å². The zero-order valence-corrected chi connectivity index (χ0v) is 8.92. The minimum atomic E-state index is 0.855. The van der Waals surface area contributed by atoms with Crippen LogP contribution in [-0.4, -0.2) is 13.2 Å². The SMILES string of the molecule is CCCOCC.Cc1ccccc1. The lowest BCUT2D eigenvalue weighted by Crippen LogP contribution is -1.88. The molecular weight excluding hydrogens is 160 g/mol. The van der Waals surface area contributed by atoms with Crippen LogP contribution in [0.15, 0.2) is 30.3 Å². The molecule has 1 heteroatoms. The third kappa shape index (κ3) is 9.09. The molecule has 0 amide bonds. The van der Waals surface area contributed by atoms with Crippen molar-refractivity contribution in [3.8, 4) is 0 Å². The van der Waals surface area contributed by atoms with E-state index in [4.69, 9.17) is 4.74 Å². The molecule has 0 bridgehead atoms. The fraction of sp³-hybridized carbons (Fsp3) is 0.500. The average Bonchev–Trinajstić information content (AvgIpc) is 2.17. The number of hydrogen-bond acceptors (Lipinski definition) is 1. The largest absolute Gasteiger partial charge is 0.382 e. The summed E-state index contributed by atoms with van der Waals surface area (Å²) in [6.45, 7) is 7.97. The summed E-state index contributed by atoms with van der Waals surface area (Å²) in [4.78, 5) is 0. The van der Waals surface area contributed by atoms with Crippen molar-refractivity contribution in [3.63, 3.8) is 0 Å². The zero-order chi connectivity index (χ0) is 9.94. The normalized spacial score (nSPS) is 8.85. The van der Waals surface area contributed by atoms with Crippen LogP contribution < -0.4 is 0 Å². The number of aryl methyl sites for hydroxylation is 1. The van der Waals surface area contributed by atoms with E-state index in [-0.39, 0.29) is 0 Å². The van der Waals surface area contributed by atoms with Gasteiger partial charge in [0.2, 0.25) is 0 Å². The van der Waals surface area contributed by atoms with Crippen LogP contribution in [0.1, 0.15) is 25.8 Å². The van der Waals surface area contributed by atoms with Crippen molar-refractivity contribution >= 4 is 0 Å². The van der Waals surface area contributed by atoms with Crippen LogP contribution in [0.25, 0.3) is 0 Å².